The van der Waals surface area contributed by atoms with Crippen molar-refractivity contribution < 1.29 is 9.59 Å². The number of amides is 2. The number of benzene rings is 3. The highest BCUT2D eigenvalue weighted by Crippen LogP contribution is 2.37. The van der Waals surface area contributed by atoms with Gasteiger partial charge in [0.1, 0.15) is 5.70 Å². The molecule has 2 amide bonds. The van der Waals surface area contributed by atoms with Crippen LogP contribution in [0, 0.1) is 20.8 Å². The summed E-state index contributed by atoms with van der Waals surface area (Å²) in [4.78, 5) is 31.0. The minimum absolute atomic E-state index is 0.241. The lowest BCUT2D eigenvalue weighted by Crippen LogP contribution is -2.37. The second-order valence-electron chi connectivity index (χ2n) is 8.82. The lowest BCUT2D eigenvalue weighted by molar-refractivity contribution is -0.120. The molecule has 0 atom stereocenters. The first-order valence-electron chi connectivity index (χ1n) is 11.0. The van der Waals surface area contributed by atoms with Crippen molar-refractivity contribution in [3.63, 3.8) is 0 Å². The van der Waals surface area contributed by atoms with E-state index in [1.165, 1.54) is 16.0 Å². The lowest BCUT2D eigenvalue weighted by atomic mass is 9.97. The van der Waals surface area contributed by atoms with Crippen molar-refractivity contribution in [2.24, 2.45) is 0 Å². The molecule has 2 heterocycles. The monoisotopic (exact) mass is 422 g/mol. The van der Waals surface area contributed by atoms with E-state index >= 15 is 0 Å². The third kappa shape index (κ3) is 3.42. The predicted octanol–water partition coefficient (Wildman–Crippen LogP) is 4.95. The number of carbonyl (C=O) groups excluding carboxylic acids is 2. The van der Waals surface area contributed by atoms with Crippen LogP contribution in [0.1, 0.15) is 33.4 Å². The van der Waals surface area contributed by atoms with Gasteiger partial charge in [-0.1, -0.05) is 60.2 Å². The average Bonchev–Trinajstić information content (AvgIpc) is 3.03. The number of carbonyl (C=O) groups is 2. The summed E-state index contributed by atoms with van der Waals surface area (Å²) in [6.45, 7) is 7.32. The van der Waals surface area contributed by atoms with Crippen LogP contribution in [0.3, 0.4) is 0 Å². The summed E-state index contributed by atoms with van der Waals surface area (Å²) >= 11 is 0. The van der Waals surface area contributed by atoms with Crippen LogP contribution in [0.4, 0.5) is 5.69 Å². The van der Waals surface area contributed by atoms with E-state index in [2.05, 4.69) is 23.1 Å². The molecule has 0 saturated heterocycles. The number of hydrogen-bond donors (Lipinski definition) is 0. The van der Waals surface area contributed by atoms with E-state index < -0.39 is 0 Å². The van der Waals surface area contributed by atoms with Gasteiger partial charge in [-0.05, 0) is 67.1 Å². The molecule has 0 N–H and O–H groups in total. The predicted molar refractivity (Wildman–Crippen MR) is 127 cm³/mol. The Bertz CT molecular complexity index is 1250. The number of aryl methyl sites for hydroxylation is 3. The first-order chi connectivity index (χ1) is 15.4. The highest BCUT2D eigenvalue weighted by Gasteiger charge is 2.43. The molecule has 2 aliphatic rings. The zero-order valence-corrected chi connectivity index (χ0v) is 18.7. The van der Waals surface area contributed by atoms with Crippen LogP contribution < -0.4 is 4.90 Å². The van der Waals surface area contributed by atoms with E-state index in [1.807, 2.05) is 69.3 Å². The van der Waals surface area contributed by atoms with Gasteiger partial charge in [0.05, 0.1) is 11.3 Å². The smallest absolute Gasteiger partial charge is 0.282 e. The number of rotatable bonds is 3. The molecular weight excluding hydrogens is 396 g/mol. The first kappa shape index (κ1) is 20.3. The molecule has 0 fully saturated rings. The van der Waals surface area contributed by atoms with Crippen LogP contribution in [0.25, 0.3) is 5.57 Å². The van der Waals surface area contributed by atoms with Gasteiger partial charge in [0.25, 0.3) is 11.8 Å². The van der Waals surface area contributed by atoms with Crippen molar-refractivity contribution in [1.82, 2.24) is 4.90 Å². The molecule has 3 aromatic rings. The van der Waals surface area contributed by atoms with Crippen molar-refractivity contribution in [1.29, 1.82) is 0 Å². The normalized spacial score (nSPS) is 16.1. The molecule has 5 rings (SSSR count). The summed E-state index contributed by atoms with van der Waals surface area (Å²) in [6, 6.07) is 22.1. The summed E-state index contributed by atoms with van der Waals surface area (Å²) in [5.41, 5.74) is 8.11. The number of hydrogen-bond acceptors (Lipinski definition) is 3. The van der Waals surface area contributed by atoms with Gasteiger partial charge in [0.15, 0.2) is 0 Å². The summed E-state index contributed by atoms with van der Waals surface area (Å²) in [5.74, 6) is -0.493. The van der Waals surface area contributed by atoms with Gasteiger partial charge < -0.3 is 4.90 Å². The average molecular weight is 423 g/mol. The van der Waals surface area contributed by atoms with Gasteiger partial charge in [0.2, 0.25) is 0 Å². The Morgan fingerprint density at radius 3 is 2.06 bits per heavy atom. The van der Waals surface area contributed by atoms with E-state index in [9.17, 15) is 9.59 Å². The lowest BCUT2D eigenvalue weighted by Gasteiger charge is -2.31. The number of anilines is 1. The molecule has 3 aromatic carbocycles. The minimum atomic E-state index is -0.252. The van der Waals surface area contributed by atoms with Crippen LogP contribution in [0.5, 0.6) is 0 Å². The molecule has 4 nitrogen and oxygen atoms in total. The van der Waals surface area contributed by atoms with E-state index in [1.54, 1.807) is 0 Å². The SMILES string of the molecule is Cc1ccc(C2=C(N3CCc4ccccc4C3)C(=O)N(c3cc(C)cc(C)c3)C2=O)cc1. The Morgan fingerprint density at radius 2 is 1.38 bits per heavy atom. The van der Waals surface area contributed by atoms with Crippen molar-refractivity contribution in [3.8, 4) is 0 Å². The van der Waals surface area contributed by atoms with Crippen molar-refractivity contribution in [2.75, 3.05) is 11.4 Å². The fourth-order valence-electron chi connectivity index (χ4n) is 4.79. The topological polar surface area (TPSA) is 40.6 Å². The Morgan fingerprint density at radius 1 is 0.719 bits per heavy atom. The standard InChI is InChI=1S/C28H26N2O2/c1-18-8-10-22(11-9-18)25-26(29-13-12-21-6-4-5-7-23(21)17-29)28(32)30(27(25)31)24-15-19(2)14-20(3)16-24/h4-11,14-16H,12-13,17H2,1-3H3. The third-order valence-corrected chi connectivity index (χ3v) is 6.31. The maximum Gasteiger partial charge on any atom is 0.282 e. The molecule has 0 unspecified atom stereocenters. The van der Waals surface area contributed by atoms with Gasteiger partial charge >= 0.3 is 0 Å². The summed E-state index contributed by atoms with van der Waals surface area (Å²) in [6.07, 6.45) is 0.853. The molecule has 32 heavy (non-hydrogen) atoms. The fraction of sp³-hybridized carbons (Fsp3) is 0.214. The summed E-state index contributed by atoms with van der Waals surface area (Å²) in [5, 5.41) is 0. The number of imide groups is 1. The molecule has 0 aliphatic carbocycles. The number of fused-ring (bicyclic) bond motifs is 1. The Kier molecular flexibility index (Phi) is 4.93. The van der Waals surface area contributed by atoms with Gasteiger partial charge in [-0.25, -0.2) is 4.90 Å². The Hall–Kier alpha value is -3.66. The van der Waals surface area contributed by atoms with Crippen LogP contribution >= 0.6 is 0 Å². The Labute approximate surface area is 188 Å². The zero-order valence-electron chi connectivity index (χ0n) is 18.7. The summed E-state index contributed by atoms with van der Waals surface area (Å²) < 4.78 is 0. The fourth-order valence-corrected chi connectivity index (χ4v) is 4.79. The third-order valence-electron chi connectivity index (χ3n) is 6.31. The van der Waals surface area contributed by atoms with Crippen LogP contribution in [0.15, 0.2) is 72.4 Å². The second kappa shape index (κ2) is 7.79. The largest absolute Gasteiger partial charge is 0.362 e. The van der Waals surface area contributed by atoms with E-state index in [0.717, 1.165) is 28.7 Å². The van der Waals surface area contributed by atoms with Crippen LogP contribution in [-0.4, -0.2) is 23.3 Å². The van der Waals surface area contributed by atoms with Crippen LogP contribution in [0.2, 0.25) is 0 Å². The highest BCUT2D eigenvalue weighted by atomic mass is 16.2. The molecular formula is C28H26N2O2. The van der Waals surface area contributed by atoms with E-state index in [-0.39, 0.29) is 11.8 Å². The number of nitrogens with zero attached hydrogens (tertiary/aromatic N) is 2. The van der Waals surface area contributed by atoms with E-state index in [4.69, 9.17) is 0 Å². The van der Waals surface area contributed by atoms with E-state index in [0.29, 0.717) is 30.0 Å². The van der Waals surface area contributed by atoms with Gasteiger partial charge in [-0.3, -0.25) is 9.59 Å². The van der Waals surface area contributed by atoms with Crippen molar-refractivity contribution in [2.45, 2.75) is 33.7 Å². The molecule has 0 bridgehead atoms. The Balaban J connectivity index is 1.63. The maximum atomic E-state index is 13.8. The van der Waals surface area contributed by atoms with Crippen molar-refractivity contribution in [3.05, 3.63) is 106 Å². The highest BCUT2D eigenvalue weighted by molar-refractivity contribution is 6.45. The molecule has 0 saturated carbocycles. The molecule has 0 aromatic heterocycles. The minimum Gasteiger partial charge on any atom is -0.362 e. The maximum absolute atomic E-state index is 13.8. The van der Waals surface area contributed by atoms with Crippen LogP contribution in [-0.2, 0) is 22.6 Å². The molecule has 160 valence electrons. The summed E-state index contributed by atoms with van der Waals surface area (Å²) in [7, 11) is 0. The quantitative estimate of drug-likeness (QED) is 0.561. The molecule has 0 radical (unpaired) electrons. The molecule has 2 aliphatic heterocycles. The second-order valence-corrected chi connectivity index (χ2v) is 8.82. The van der Waals surface area contributed by atoms with Gasteiger partial charge in [-0.15, -0.1) is 0 Å². The van der Waals surface area contributed by atoms with Gasteiger partial charge in [-0.2, -0.15) is 0 Å². The molecule has 4 heteroatoms. The first-order valence-corrected chi connectivity index (χ1v) is 11.0. The van der Waals surface area contributed by atoms with Crippen molar-refractivity contribution >= 4 is 23.1 Å². The molecule has 0 spiro atoms. The zero-order chi connectivity index (χ0) is 22.4. The van der Waals surface area contributed by atoms with Gasteiger partial charge in [0, 0.05) is 13.1 Å².